The molecule has 4 aliphatic rings. The molecule has 2 saturated carbocycles. The molecule has 5 rings (SSSR count). The van der Waals surface area contributed by atoms with Gasteiger partial charge in [0.2, 0.25) is 0 Å². The van der Waals surface area contributed by atoms with E-state index < -0.39 is 93.1 Å². The van der Waals surface area contributed by atoms with Crippen molar-refractivity contribution in [1.29, 1.82) is 0 Å². The Balaban J connectivity index is 1.86. The first kappa shape index (κ1) is 42.2. The van der Waals surface area contributed by atoms with Crippen LogP contribution in [0.25, 0.3) is 0 Å². The molecular weight excluding hydrogens is 709 g/mol. The molecule has 1 saturated heterocycles. The molecule has 0 aromatic heterocycles. The average Bonchev–Trinajstić information content (AvgIpc) is 3.13. The Labute approximate surface area is 319 Å². The van der Waals surface area contributed by atoms with Gasteiger partial charge in [-0.05, 0) is 66.5 Å². The van der Waals surface area contributed by atoms with Crippen molar-refractivity contribution in [3.05, 3.63) is 47.0 Å². The predicted octanol–water partition coefficient (Wildman–Crippen LogP) is 6.93. The van der Waals surface area contributed by atoms with E-state index in [1.54, 1.807) is 24.3 Å². The van der Waals surface area contributed by atoms with Crippen molar-refractivity contribution >= 4 is 28.6 Å². The number of ether oxygens (including phenoxy) is 3. The molecule has 53 heavy (non-hydrogen) atoms. The van der Waals surface area contributed by atoms with Crippen molar-refractivity contribution in [2.75, 3.05) is 6.61 Å². The third-order valence-corrected chi connectivity index (χ3v) is 24.1. The van der Waals surface area contributed by atoms with Crippen molar-refractivity contribution < 1.29 is 48.0 Å². The second-order valence-electron chi connectivity index (χ2n) is 17.1. The van der Waals surface area contributed by atoms with E-state index in [4.69, 9.17) is 23.1 Å². The standard InChI is InChI=1S/C41H66O10Si2/c1-12-52(13-2,14-3)50-29-24-41(46)36(48-37(45)28-21-19-18-20-22-28)34-39(11,35(44)33(43)32(26(29)7)38(41,9)10)30(51-53(15-4,16-5)17-6)23-31-40(34,25-47-31)49-27(8)42/h18-22,29-31,33-36,43-44,46H,12-17,23-25H2,1-11H3/t29-,30?,31+,33-,34-,35-,36-,39+,40-,41+/m0/s1. The van der Waals surface area contributed by atoms with Gasteiger partial charge in [-0.3, -0.25) is 4.79 Å². The summed E-state index contributed by atoms with van der Waals surface area (Å²) in [5, 5.41) is 39.5. The van der Waals surface area contributed by atoms with Gasteiger partial charge in [-0.15, -0.1) is 0 Å². The molecule has 1 aromatic carbocycles. The van der Waals surface area contributed by atoms with Crippen molar-refractivity contribution in [3.8, 4) is 0 Å². The number of hydrogen-bond acceptors (Lipinski definition) is 10. The second-order valence-corrected chi connectivity index (χ2v) is 26.5. The van der Waals surface area contributed by atoms with Gasteiger partial charge < -0.3 is 38.4 Å². The quantitative estimate of drug-likeness (QED) is 0.110. The number of benzene rings is 1. The largest absolute Gasteiger partial charge is 0.455 e. The fourth-order valence-corrected chi connectivity index (χ4v) is 16.6. The molecule has 0 radical (unpaired) electrons. The smallest absolute Gasteiger partial charge is 0.338 e. The Morgan fingerprint density at radius 3 is 1.92 bits per heavy atom. The van der Waals surface area contributed by atoms with Gasteiger partial charge in [-0.25, -0.2) is 4.79 Å². The highest BCUT2D eigenvalue weighted by Gasteiger charge is 2.78. The minimum atomic E-state index is -2.39. The monoisotopic (exact) mass is 774 g/mol. The van der Waals surface area contributed by atoms with Gasteiger partial charge in [0.25, 0.3) is 0 Å². The molecule has 0 spiro atoms. The molecule has 1 aromatic rings. The normalized spacial score (nSPS) is 36.7. The lowest BCUT2D eigenvalue weighted by molar-refractivity contribution is -0.363. The molecule has 3 N–H and O–H groups in total. The van der Waals surface area contributed by atoms with Crippen LogP contribution in [-0.4, -0.2) is 98.3 Å². The van der Waals surface area contributed by atoms with E-state index in [2.05, 4.69) is 41.5 Å². The summed E-state index contributed by atoms with van der Waals surface area (Å²) in [4.78, 5) is 27.5. The third-order valence-electron chi connectivity index (χ3n) is 14.8. The van der Waals surface area contributed by atoms with E-state index in [1.165, 1.54) is 6.92 Å². The summed E-state index contributed by atoms with van der Waals surface area (Å²) in [6.45, 7) is 21.6. The van der Waals surface area contributed by atoms with E-state index in [0.29, 0.717) is 17.6 Å². The average molecular weight is 775 g/mol. The zero-order valence-electron chi connectivity index (χ0n) is 34.0. The Morgan fingerprint density at radius 2 is 1.43 bits per heavy atom. The van der Waals surface area contributed by atoms with Crippen LogP contribution in [0.2, 0.25) is 36.3 Å². The zero-order chi connectivity index (χ0) is 39.4. The number of carbonyl (C=O) groups is 2. The van der Waals surface area contributed by atoms with E-state index in [1.807, 2.05) is 33.8 Å². The summed E-state index contributed by atoms with van der Waals surface area (Å²) in [7, 11) is -4.69. The molecule has 0 amide bonds. The Kier molecular flexibility index (Phi) is 12.1. The molecule has 2 bridgehead atoms. The Morgan fingerprint density at radius 1 is 0.887 bits per heavy atom. The molecule has 1 heterocycles. The van der Waals surface area contributed by atoms with Crippen LogP contribution in [0, 0.1) is 16.7 Å². The van der Waals surface area contributed by atoms with E-state index in [9.17, 15) is 24.9 Å². The number of hydrogen-bond donors (Lipinski definition) is 3. The summed E-state index contributed by atoms with van der Waals surface area (Å²) in [6, 6.07) is 13.7. The molecule has 10 nitrogen and oxygen atoms in total. The minimum absolute atomic E-state index is 0.0278. The third kappa shape index (κ3) is 6.54. The van der Waals surface area contributed by atoms with Crippen LogP contribution >= 0.6 is 0 Å². The molecule has 298 valence electrons. The first-order valence-electron chi connectivity index (χ1n) is 20.1. The molecular formula is C41H66O10Si2. The molecule has 10 atom stereocenters. The molecule has 12 heteroatoms. The minimum Gasteiger partial charge on any atom is -0.455 e. The van der Waals surface area contributed by atoms with Gasteiger partial charge in [0, 0.05) is 30.6 Å². The zero-order valence-corrected chi connectivity index (χ0v) is 36.0. The van der Waals surface area contributed by atoms with Gasteiger partial charge in [0.15, 0.2) is 22.2 Å². The maximum Gasteiger partial charge on any atom is 0.338 e. The van der Waals surface area contributed by atoms with Gasteiger partial charge in [0.1, 0.15) is 23.9 Å². The van der Waals surface area contributed by atoms with Crippen molar-refractivity contribution in [1.82, 2.24) is 0 Å². The summed E-state index contributed by atoms with van der Waals surface area (Å²) in [6.07, 6.45) is -5.88. The number of esters is 2. The topological polar surface area (TPSA) is 141 Å². The fraction of sp³-hybridized carbons (Fsp3) is 0.756. The number of rotatable bonds is 13. The van der Waals surface area contributed by atoms with E-state index >= 15 is 0 Å². The number of carbonyl (C=O) groups excluding carboxylic acids is 2. The summed E-state index contributed by atoms with van der Waals surface area (Å²) < 4.78 is 33.8. The SMILES string of the molecule is CC[Si](CC)(CC)OC1C[C@H]2OC[C@@]2(OC(C)=O)[C@H]2[C@H](OC(=O)c3ccccc3)[C@]3(O)C[C@H](O[Si](CC)(CC)CC)C(C)=C([C@H](O)[C@H](O)[C@]12C)C3(C)C. The summed E-state index contributed by atoms with van der Waals surface area (Å²) >= 11 is 0. The Bertz CT molecular complexity index is 1510. The van der Waals surface area contributed by atoms with Crippen LogP contribution in [0.5, 0.6) is 0 Å². The van der Waals surface area contributed by atoms with Crippen LogP contribution < -0.4 is 0 Å². The highest BCUT2D eigenvalue weighted by Crippen LogP contribution is 2.66. The lowest BCUT2D eigenvalue weighted by Gasteiger charge is -2.70. The highest BCUT2D eigenvalue weighted by molar-refractivity contribution is 6.74. The second kappa shape index (κ2) is 15.2. The first-order valence-corrected chi connectivity index (χ1v) is 25.1. The van der Waals surface area contributed by atoms with Crippen molar-refractivity contribution in [2.24, 2.45) is 16.7 Å². The van der Waals surface area contributed by atoms with Crippen LogP contribution in [-0.2, 0) is 27.9 Å². The van der Waals surface area contributed by atoms with Gasteiger partial charge in [-0.2, -0.15) is 0 Å². The van der Waals surface area contributed by atoms with Gasteiger partial charge in [-0.1, -0.05) is 80.5 Å². The highest BCUT2D eigenvalue weighted by atomic mass is 28.4. The number of aliphatic hydroxyl groups excluding tert-OH is 2. The number of fused-ring (bicyclic) bond motifs is 5. The Hall–Kier alpha value is -1.91. The predicted molar refractivity (Wildman–Crippen MR) is 208 cm³/mol. The van der Waals surface area contributed by atoms with Crippen LogP contribution in [0.15, 0.2) is 41.5 Å². The van der Waals surface area contributed by atoms with E-state index in [-0.39, 0.29) is 13.0 Å². The molecule has 1 unspecified atom stereocenters. The molecule has 1 aliphatic heterocycles. The summed E-state index contributed by atoms with van der Waals surface area (Å²) in [5.74, 6) is -2.26. The fourth-order valence-electron chi connectivity index (χ4n) is 10.8. The maximum absolute atomic E-state index is 14.4. The van der Waals surface area contributed by atoms with Crippen molar-refractivity contribution in [3.63, 3.8) is 0 Å². The lowest BCUT2D eigenvalue weighted by atomic mass is 9.44. The van der Waals surface area contributed by atoms with Gasteiger partial charge in [0.05, 0.1) is 36.4 Å². The maximum atomic E-state index is 14.4. The van der Waals surface area contributed by atoms with Crippen LogP contribution in [0.1, 0.15) is 99.4 Å². The van der Waals surface area contributed by atoms with Crippen LogP contribution in [0.4, 0.5) is 0 Å². The number of aliphatic hydroxyl groups is 3. The van der Waals surface area contributed by atoms with E-state index in [0.717, 1.165) is 41.8 Å². The molecule has 3 aliphatic carbocycles. The van der Waals surface area contributed by atoms with Crippen molar-refractivity contribution in [2.45, 2.75) is 173 Å². The van der Waals surface area contributed by atoms with Crippen LogP contribution in [0.3, 0.4) is 0 Å². The first-order chi connectivity index (χ1) is 24.9. The summed E-state index contributed by atoms with van der Waals surface area (Å²) in [5.41, 5.74) is -4.36. The molecule has 3 fully saturated rings. The lowest BCUT2D eigenvalue weighted by Crippen LogP contribution is -2.82. The van der Waals surface area contributed by atoms with Gasteiger partial charge >= 0.3 is 11.9 Å².